The Bertz CT molecular complexity index is 435. The topological polar surface area (TPSA) is 83.9 Å². The van der Waals surface area contributed by atoms with Gasteiger partial charge < -0.3 is 14.7 Å². The van der Waals surface area contributed by atoms with Crippen molar-refractivity contribution in [3.8, 4) is 0 Å². The van der Waals surface area contributed by atoms with E-state index in [0.717, 1.165) is 4.90 Å². The number of likely N-dealkylation sites (N-methyl/N-ethyl adjacent to an activating group) is 1. The van der Waals surface area contributed by atoms with Crippen molar-refractivity contribution >= 4 is 29.4 Å². The maximum absolute atomic E-state index is 11.5. The average Bonchev–Trinajstić information content (AvgIpc) is 2.25. The molecule has 16 heavy (non-hydrogen) atoms. The number of amides is 1. The summed E-state index contributed by atoms with van der Waals surface area (Å²) in [6.07, 6.45) is 0. The first-order valence-electron chi connectivity index (χ1n) is 4.14. The summed E-state index contributed by atoms with van der Waals surface area (Å²) in [6, 6.07) is 0. The number of carboxylic acid groups (broad SMARTS) is 1. The highest BCUT2D eigenvalue weighted by Gasteiger charge is 2.40. The lowest BCUT2D eigenvalue weighted by Gasteiger charge is -2.28. The minimum absolute atomic E-state index is 0.254. The zero-order valence-electron chi connectivity index (χ0n) is 8.48. The molecule has 1 rings (SSSR count). The Kier molecular flexibility index (Phi) is 3.37. The van der Waals surface area contributed by atoms with Crippen LogP contribution in [0.5, 0.6) is 0 Å². The molecule has 0 aromatic rings. The highest BCUT2D eigenvalue weighted by atomic mass is 35.5. The standard InChI is InChI=1S/C9H8ClNO5/c1-11-4(3-12)5(9(14)15)7(16-2)6(10)8(11)13/h6H,1-2H3,(H,14,15). The molecule has 0 spiro atoms. The van der Waals surface area contributed by atoms with Crippen LogP contribution in [0.1, 0.15) is 0 Å². The Morgan fingerprint density at radius 3 is 2.56 bits per heavy atom. The number of carbonyl (C=O) groups excluding carboxylic acids is 2. The molecule has 0 aliphatic carbocycles. The van der Waals surface area contributed by atoms with E-state index in [4.69, 9.17) is 21.4 Å². The fourth-order valence-electron chi connectivity index (χ4n) is 1.34. The average molecular weight is 246 g/mol. The van der Waals surface area contributed by atoms with E-state index >= 15 is 0 Å². The summed E-state index contributed by atoms with van der Waals surface area (Å²) in [5.74, 6) is -0.899. The number of ether oxygens (including phenoxy) is 1. The molecular weight excluding hydrogens is 238 g/mol. The van der Waals surface area contributed by atoms with E-state index in [1.54, 1.807) is 0 Å². The van der Waals surface area contributed by atoms with Crippen molar-refractivity contribution < 1.29 is 24.2 Å². The molecule has 0 aromatic carbocycles. The second-order valence-electron chi connectivity index (χ2n) is 2.96. The number of alkyl halides is 1. The maximum atomic E-state index is 11.5. The molecule has 86 valence electrons. The van der Waals surface area contributed by atoms with Crippen molar-refractivity contribution in [1.29, 1.82) is 0 Å². The van der Waals surface area contributed by atoms with Crippen LogP contribution in [-0.4, -0.2) is 47.4 Å². The molecule has 1 N–H and O–H groups in total. The molecular formula is C9H8ClNO5. The van der Waals surface area contributed by atoms with Crippen LogP contribution in [-0.2, 0) is 19.1 Å². The van der Waals surface area contributed by atoms with E-state index in [1.807, 2.05) is 0 Å². The van der Waals surface area contributed by atoms with Gasteiger partial charge >= 0.3 is 5.97 Å². The van der Waals surface area contributed by atoms with Crippen molar-refractivity contribution in [3.05, 3.63) is 17.0 Å². The summed E-state index contributed by atoms with van der Waals surface area (Å²) in [6.45, 7) is 0. The first-order chi connectivity index (χ1) is 7.45. The summed E-state index contributed by atoms with van der Waals surface area (Å²) < 4.78 is 4.75. The van der Waals surface area contributed by atoms with Gasteiger partial charge in [-0.05, 0) is 0 Å². The molecule has 0 saturated carbocycles. The van der Waals surface area contributed by atoms with Crippen molar-refractivity contribution in [2.75, 3.05) is 14.2 Å². The summed E-state index contributed by atoms with van der Waals surface area (Å²) in [4.78, 5) is 34.0. The monoisotopic (exact) mass is 245 g/mol. The van der Waals surface area contributed by atoms with E-state index in [1.165, 1.54) is 20.1 Å². The van der Waals surface area contributed by atoms with Gasteiger partial charge in [-0.25, -0.2) is 9.59 Å². The van der Waals surface area contributed by atoms with Gasteiger partial charge in [0.25, 0.3) is 5.91 Å². The highest BCUT2D eigenvalue weighted by Crippen LogP contribution is 2.29. The predicted molar refractivity (Wildman–Crippen MR) is 53.3 cm³/mol. The fourth-order valence-corrected chi connectivity index (χ4v) is 1.68. The summed E-state index contributed by atoms with van der Waals surface area (Å²) in [5.41, 5.74) is -0.842. The quantitative estimate of drug-likeness (QED) is 0.536. The van der Waals surface area contributed by atoms with Gasteiger partial charge in [0, 0.05) is 7.05 Å². The number of rotatable bonds is 2. The Morgan fingerprint density at radius 1 is 1.62 bits per heavy atom. The SMILES string of the molecule is COC1=C(C(=O)O)C(=C=O)N(C)C(=O)C1Cl. The number of aliphatic carboxylic acids is 1. The zero-order chi connectivity index (χ0) is 12.5. The summed E-state index contributed by atoms with van der Waals surface area (Å²) >= 11 is 5.71. The number of carbonyl (C=O) groups is 2. The molecule has 0 bridgehead atoms. The van der Waals surface area contributed by atoms with Gasteiger partial charge in [0.1, 0.15) is 17.0 Å². The van der Waals surface area contributed by atoms with Crippen LogP contribution in [0.4, 0.5) is 0 Å². The van der Waals surface area contributed by atoms with Gasteiger partial charge in [0.05, 0.1) is 7.11 Å². The maximum Gasteiger partial charge on any atom is 0.342 e. The van der Waals surface area contributed by atoms with Crippen LogP contribution in [0, 0.1) is 0 Å². The normalized spacial score (nSPS) is 20.9. The van der Waals surface area contributed by atoms with Gasteiger partial charge in [-0.2, -0.15) is 0 Å². The molecule has 0 saturated heterocycles. The van der Waals surface area contributed by atoms with Crippen molar-refractivity contribution in [3.63, 3.8) is 0 Å². The van der Waals surface area contributed by atoms with E-state index < -0.39 is 28.5 Å². The van der Waals surface area contributed by atoms with Gasteiger partial charge in [-0.3, -0.25) is 4.79 Å². The van der Waals surface area contributed by atoms with Crippen molar-refractivity contribution in [2.45, 2.75) is 5.38 Å². The number of hydrogen-bond donors (Lipinski definition) is 1. The Morgan fingerprint density at radius 2 is 2.19 bits per heavy atom. The molecule has 0 fully saturated rings. The second-order valence-corrected chi connectivity index (χ2v) is 3.40. The summed E-state index contributed by atoms with van der Waals surface area (Å²) in [5, 5.41) is 7.68. The lowest BCUT2D eigenvalue weighted by Crippen LogP contribution is -2.41. The minimum Gasteiger partial charge on any atom is -0.498 e. The molecule has 1 amide bonds. The zero-order valence-corrected chi connectivity index (χ0v) is 9.24. The highest BCUT2D eigenvalue weighted by molar-refractivity contribution is 6.34. The molecule has 1 atom stereocenters. The molecule has 1 aliphatic heterocycles. The molecule has 0 aromatic heterocycles. The third kappa shape index (κ3) is 1.68. The molecule has 7 heteroatoms. The van der Waals surface area contributed by atoms with E-state index in [2.05, 4.69) is 0 Å². The van der Waals surface area contributed by atoms with Gasteiger partial charge in [-0.1, -0.05) is 0 Å². The van der Waals surface area contributed by atoms with Crippen LogP contribution in [0.2, 0.25) is 0 Å². The van der Waals surface area contributed by atoms with Gasteiger partial charge in [-0.15, -0.1) is 11.6 Å². The molecule has 6 nitrogen and oxygen atoms in total. The van der Waals surface area contributed by atoms with Gasteiger partial charge in [0.15, 0.2) is 11.3 Å². The smallest absolute Gasteiger partial charge is 0.342 e. The van der Waals surface area contributed by atoms with E-state index in [0.29, 0.717) is 0 Å². The third-order valence-electron chi connectivity index (χ3n) is 2.13. The number of halogens is 1. The lowest BCUT2D eigenvalue weighted by molar-refractivity contribution is -0.133. The minimum atomic E-state index is -1.40. The molecule has 1 unspecified atom stereocenters. The Hall–Kier alpha value is -1.78. The Balaban J connectivity index is 3.52. The molecule has 1 aliphatic rings. The fraction of sp³-hybridized carbons (Fsp3) is 0.333. The first kappa shape index (κ1) is 12.3. The van der Waals surface area contributed by atoms with Crippen molar-refractivity contribution in [2.24, 2.45) is 0 Å². The van der Waals surface area contributed by atoms with E-state index in [9.17, 15) is 14.4 Å². The number of hydrogen-bond acceptors (Lipinski definition) is 4. The third-order valence-corrected chi connectivity index (χ3v) is 2.51. The molecule has 0 radical (unpaired) electrons. The van der Waals surface area contributed by atoms with Crippen LogP contribution in [0.3, 0.4) is 0 Å². The molecule has 1 heterocycles. The van der Waals surface area contributed by atoms with Crippen molar-refractivity contribution in [1.82, 2.24) is 4.90 Å². The van der Waals surface area contributed by atoms with Gasteiger partial charge in [0.2, 0.25) is 0 Å². The van der Waals surface area contributed by atoms with Crippen LogP contribution in [0.15, 0.2) is 17.0 Å². The largest absolute Gasteiger partial charge is 0.498 e. The van der Waals surface area contributed by atoms with E-state index in [-0.39, 0.29) is 5.76 Å². The second kappa shape index (κ2) is 4.38. The number of nitrogens with zero attached hydrogens (tertiary/aromatic N) is 1. The first-order valence-corrected chi connectivity index (χ1v) is 4.57. The predicted octanol–water partition coefficient (Wildman–Crippen LogP) is -0.234. The van der Waals surface area contributed by atoms with Crippen LogP contribution < -0.4 is 0 Å². The summed E-state index contributed by atoms with van der Waals surface area (Å²) in [7, 11) is 2.42. The number of methoxy groups -OCH3 is 1. The lowest BCUT2D eigenvalue weighted by atomic mass is 10.0. The number of carboxylic acids is 1. The van der Waals surface area contributed by atoms with Crippen LogP contribution >= 0.6 is 11.6 Å². The Labute approximate surface area is 95.7 Å². The van der Waals surface area contributed by atoms with Crippen LogP contribution in [0.25, 0.3) is 0 Å².